The predicted molar refractivity (Wildman–Crippen MR) is 105 cm³/mol. The van der Waals surface area contributed by atoms with E-state index in [2.05, 4.69) is 59.7 Å². The van der Waals surface area contributed by atoms with E-state index in [4.69, 9.17) is 0 Å². The van der Waals surface area contributed by atoms with Crippen LogP contribution in [-0.4, -0.2) is 0 Å². The molecule has 0 aliphatic heterocycles. The van der Waals surface area contributed by atoms with Crippen LogP contribution in [0.2, 0.25) is 0 Å². The topological polar surface area (TPSA) is 0 Å². The van der Waals surface area contributed by atoms with Gasteiger partial charge in [-0.2, -0.15) is 0 Å². The minimum absolute atomic E-state index is 0.795. The van der Waals surface area contributed by atoms with E-state index in [1.807, 2.05) is 0 Å². The van der Waals surface area contributed by atoms with E-state index in [1.165, 1.54) is 51.4 Å². The van der Waals surface area contributed by atoms with Crippen LogP contribution in [0.15, 0.2) is 18.2 Å². The molecule has 0 aliphatic rings. The lowest BCUT2D eigenvalue weighted by Gasteiger charge is -2.12. The molecule has 0 saturated heterocycles. The Bertz CT molecular complexity index is 395. The first-order valence-corrected chi connectivity index (χ1v) is 9.98. The summed E-state index contributed by atoms with van der Waals surface area (Å²) in [5, 5.41) is 0. The average molecular weight is 317 g/mol. The summed E-state index contributed by atoms with van der Waals surface area (Å²) in [6.07, 6.45) is 10.4. The zero-order chi connectivity index (χ0) is 17.2. The Labute approximate surface area is 146 Å². The third kappa shape index (κ3) is 9.84. The van der Waals surface area contributed by atoms with Crippen molar-refractivity contribution in [2.75, 3.05) is 0 Å². The minimum atomic E-state index is 0.795. The summed E-state index contributed by atoms with van der Waals surface area (Å²) in [5.74, 6) is 2.43. The van der Waals surface area contributed by atoms with Gasteiger partial charge < -0.3 is 0 Å². The third-order valence-electron chi connectivity index (χ3n) is 4.63. The van der Waals surface area contributed by atoms with Crippen molar-refractivity contribution in [3.63, 3.8) is 0 Å². The summed E-state index contributed by atoms with van der Waals surface area (Å²) in [5.41, 5.74) is 4.71. The normalized spacial score (nSPS) is 11.9. The van der Waals surface area contributed by atoms with Gasteiger partial charge in [0.05, 0.1) is 0 Å². The quantitative estimate of drug-likeness (QED) is 0.378. The number of benzene rings is 1. The highest BCUT2D eigenvalue weighted by Crippen LogP contribution is 2.19. The molecule has 0 amide bonds. The lowest BCUT2D eigenvalue weighted by molar-refractivity contribution is 0.537. The van der Waals surface area contributed by atoms with Gasteiger partial charge in [0.2, 0.25) is 0 Å². The van der Waals surface area contributed by atoms with Gasteiger partial charge in [0, 0.05) is 0 Å². The Morgan fingerprint density at radius 2 is 0.913 bits per heavy atom. The van der Waals surface area contributed by atoms with Crippen molar-refractivity contribution in [2.45, 2.75) is 92.9 Å². The molecule has 0 nitrogen and oxygen atoms in total. The Morgan fingerprint density at radius 3 is 1.30 bits per heavy atom. The second kappa shape index (κ2) is 10.9. The highest BCUT2D eigenvalue weighted by molar-refractivity contribution is 5.30. The van der Waals surface area contributed by atoms with E-state index in [0.717, 1.165) is 17.8 Å². The molecule has 0 heterocycles. The molecule has 0 aromatic heterocycles. The lowest BCUT2D eigenvalue weighted by atomic mass is 9.93. The van der Waals surface area contributed by atoms with Gasteiger partial charge in [0.25, 0.3) is 0 Å². The Kier molecular flexibility index (Phi) is 9.60. The minimum Gasteiger partial charge on any atom is -0.0628 e. The summed E-state index contributed by atoms with van der Waals surface area (Å²) < 4.78 is 0. The van der Waals surface area contributed by atoms with Crippen LogP contribution >= 0.6 is 0 Å². The molecule has 1 aromatic rings. The van der Waals surface area contributed by atoms with E-state index >= 15 is 0 Å². The van der Waals surface area contributed by atoms with Gasteiger partial charge in [0.1, 0.15) is 0 Å². The first-order chi connectivity index (χ1) is 10.9. The lowest BCUT2D eigenvalue weighted by Crippen LogP contribution is -1.99. The second-order valence-corrected chi connectivity index (χ2v) is 8.66. The number of hydrogen-bond acceptors (Lipinski definition) is 0. The Morgan fingerprint density at radius 1 is 0.522 bits per heavy atom. The second-order valence-electron chi connectivity index (χ2n) is 8.66. The fourth-order valence-corrected chi connectivity index (χ4v) is 3.06. The van der Waals surface area contributed by atoms with Crippen molar-refractivity contribution in [2.24, 2.45) is 17.8 Å². The number of aryl methyl sites for hydroxylation is 3. The Balaban J connectivity index is 2.68. The van der Waals surface area contributed by atoms with Gasteiger partial charge >= 0.3 is 0 Å². The fourth-order valence-electron chi connectivity index (χ4n) is 3.06. The Hall–Kier alpha value is -0.780. The van der Waals surface area contributed by atoms with Crippen molar-refractivity contribution in [1.82, 2.24) is 0 Å². The molecule has 0 unspecified atom stereocenters. The fraction of sp³-hybridized carbons (Fsp3) is 0.739. The smallest absolute Gasteiger partial charge is 0.0276 e. The van der Waals surface area contributed by atoms with Crippen LogP contribution in [0.25, 0.3) is 0 Å². The molecular weight excluding hydrogens is 276 g/mol. The van der Waals surface area contributed by atoms with E-state index < -0.39 is 0 Å². The largest absolute Gasteiger partial charge is 0.0628 e. The van der Waals surface area contributed by atoms with Crippen molar-refractivity contribution in [3.8, 4) is 0 Å². The van der Waals surface area contributed by atoms with Crippen molar-refractivity contribution in [1.29, 1.82) is 0 Å². The molecule has 0 aliphatic carbocycles. The summed E-state index contributed by atoms with van der Waals surface area (Å²) in [6.45, 7) is 14.0. The highest BCUT2D eigenvalue weighted by Gasteiger charge is 2.05. The monoisotopic (exact) mass is 316 g/mol. The van der Waals surface area contributed by atoms with Crippen LogP contribution in [0.1, 0.15) is 90.3 Å². The van der Waals surface area contributed by atoms with E-state index in [-0.39, 0.29) is 0 Å². The van der Waals surface area contributed by atoms with Gasteiger partial charge in [0.15, 0.2) is 0 Å². The number of rotatable bonds is 11. The summed E-state index contributed by atoms with van der Waals surface area (Å²) in [7, 11) is 0. The van der Waals surface area contributed by atoms with Crippen LogP contribution in [-0.2, 0) is 19.3 Å². The SMILES string of the molecule is CC(C)CCCCc1cc(CCC(C)C)cc(CCC(C)C)c1. The van der Waals surface area contributed by atoms with Crippen molar-refractivity contribution >= 4 is 0 Å². The molecule has 1 rings (SSSR count). The van der Waals surface area contributed by atoms with Gasteiger partial charge in [-0.3, -0.25) is 0 Å². The van der Waals surface area contributed by atoms with Crippen LogP contribution in [0.3, 0.4) is 0 Å². The third-order valence-corrected chi connectivity index (χ3v) is 4.63. The van der Waals surface area contributed by atoms with Crippen LogP contribution in [0.4, 0.5) is 0 Å². The maximum atomic E-state index is 2.48. The molecule has 0 bridgehead atoms. The first-order valence-electron chi connectivity index (χ1n) is 9.98. The summed E-state index contributed by atoms with van der Waals surface area (Å²) in [6, 6.07) is 7.44. The van der Waals surface area contributed by atoms with Crippen LogP contribution in [0.5, 0.6) is 0 Å². The van der Waals surface area contributed by atoms with Crippen molar-refractivity contribution < 1.29 is 0 Å². The molecule has 0 saturated carbocycles. The van der Waals surface area contributed by atoms with Crippen molar-refractivity contribution in [3.05, 3.63) is 34.9 Å². The molecule has 132 valence electrons. The molecule has 1 aromatic carbocycles. The molecule has 23 heavy (non-hydrogen) atoms. The molecule has 0 heteroatoms. The summed E-state index contributed by atoms with van der Waals surface area (Å²) in [4.78, 5) is 0. The molecule has 0 N–H and O–H groups in total. The number of hydrogen-bond donors (Lipinski definition) is 0. The zero-order valence-corrected chi connectivity index (χ0v) is 16.6. The maximum Gasteiger partial charge on any atom is -0.0276 e. The number of unbranched alkanes of at least 4 members (excludes halogenated alkanes) is 1. The van der Waals surface area contributed by atoms with Crippen LogP contribution in [0, 0.1) is 17.8 Å². The zero-order valence-electron chi connectivity index (χ0n) is 16.6. The average Bonchev–Trinajstić information content (AvgIpc) is 2.47. The van der Waals surface area contributed by atoms with E-state index in [9.17, 15) is 0 Å². The molecule has 0 spiro atoms. The molecule has 0 radical (unpaired) electrons. The van der Waals surface area contributed by atoms with Gasteiger partial charge in [-0.05, 0) is 73.0 Å². The standard InChI is InChI=1S/C23H40/c1-18(2)9-7-8-10-21-15-22(13-11-19(3)4)17-23(16-21)14-12-20(5)6/h15-20H,7-14H2,1-6H3. The molecular formula is C23H40. The van der Waals surface area contributed by atoms with E-state index in [1.54, 1.807) is 16.7 Å². The molecule has 0 atom stereocenters. The predicted octanol–water partition coefficient (Wildman–Crippen LogP) is 7.23. The van der Waals surface area contributed by atoms with Crippen LogP contribution < -0.4 is 0 Å². The summed E-state index contributed by atoms with van der Waals surface area (Å²) >= 11 is 0. The van der Waals surface area contributed by atoms with Gasteiger partial charge in [-0.15, -0.1) is 0 Å². The maximum absolute atomic E-state index is 2.48. The van der Waals surface area contributed by atoms with E-state index in [0.29, 0.717) is 0 Å². The van der Waals surface area contributed by atoms with Gasteiger partial charge in [-0.25, -0.2) is 0 Å². The van der Waals surface area contributed by atoms with Gasteiger partial charge in [-0.1, -0.05) is 72.6 Å². The molecule has 0 fully saturated rings. The first kappa shape index (κ1) is 20.3. The highest BCUT2D eigenvalue weighted by atomic mass is 14.1.